The first kappa shape index (κ1) is 35.5. The number of ether oxygens (including phenoxy) is 9. The third-order valence-electron chi connectivity index (χ3n) is 5.40. The van der Waals surface area contributed by atoms with Crippen LogP contribution in [-0.2, 0) is 37.9 Å². The zero-order valence-electron chi connectivity index (χ0n) is 24.1. The summed E-state index contributed by atoms with van der Waals surface area (Å²) >= 11 is 0. The Morgan fingerprint density at radius 1 is 0.436 bits per heavy atom. The Labute approximate surface area is 235 Å². The Balaban J connectivity index is 1.64. The molecule has 1 aromatic rings. The molecule has 0 heterocycles. The number of hydrogen-bond acceptors (Lipinski definition) is 10. The summed E-state index contributed by atoms with van der Waals surface area (Å²) in [5.41, 5.74) is 6.44. The topological polar surface area (TPSA) is 109 Å². The highest BCUT2D eigenvalue weighted by Gasteiger charge is 1.99. The molecule has 0 saturated carbocycles. The molecule has 10 heteroatoms. The molecule has 0 aromatic heterocycles. The molecule has 228 valence electrons. The number of anilines is 1. The Hall–Kier alpha value is -1.50. The van der Waals surface area contributed by atoms with Crippen LogP contribution >= 0.6 is 0 Å². The predicted octanol–water partition coefficient (Wildman–Crippen LogP) is 3.75. The van der Waals surface area contributed by atoms with Crippen molar-refractivity contribution in [3.8, 4) is 5.75 Å². The van der Waals surface area contributed by atoms with E-state index in [2.05, 4.69) is 6.92 Å². The van der Waals surface area contributed by atoms with Crippen molar-refractivity contribution in [3.05, 3.63) is 24.3 Å². The molecule has 2 N–H and O–H groups in total. The van der Waals surface area contributed by atoms with Gasteiger partial charge in [-0.2, -0.15) is 0 Å². The van der Waals surface area contributed by atoms with Crippen molar-refractivity contribution in [2.24, 2.45) is 0 Å². The SMILES string of the molecule is CCCCCCCOCCOCCOCCOCCOCCOCCOCCOCCOc1ccccc1N. The molecule has 0 spiro atoms. The Morgan fingerprint density at radius 2 is 0.795 bits per heavy atom. The molecule has 0 unspecified atom stereocenters. The molecule has 0 aliphatic heterocycles. The van der Waals surface area contributed by atoms with E-state index in [1.807, 2.05) is 18.2 Å². The molecule has 0 radical (unpaired) electrons. The summed E-state index contributed by atoms with van der Waals surface area (Å²) in [6.07, 6.45) is 6.29. The van der Waals surface area contributed by atoms with Crippen molar-refractivity contribution < 1.29 is 42.6 Å². The van der Waals surface area contributed by atoms with Crippen LogP contribution in [0.3, 0.4) is 0 Å². The zero-order valence-corrected chi connectivity index (χ0v) is 24.1. The molecule has 1 rings (SSSR count). The van der Waals surface area contributed by atoms with E-state index in [-0.39, 0.29) is 0 Å². The van der Waals surface area contributed by atoms with Gasteiger partial charge < -0.3 is 48.4 Å². The predicted molar refractivity (Wildman–Crippen MR) is 152 cm³/mol. The van der Waals surface area contributed by atoms with E-state index in [4.69, 9.17) is 48.4 Å². The first-order valence-corrected chi connectivity index (χ1v) is 14.4. The summed E-state index contributed by atoms with van der Waals surface area (Å²) in [4.78, 5) is 0. The second kappa shape index (κ2) is 29.5. The monoisotopic (exact) mass is 559 g/mol. The lowest BCUT2D eigenvalue weighted by molar-refractivity contribution is -0.0236. The molecule has 0 bridgehead atoms. The maximum Gasteiger partial charge on any atom is 0.142 e. The second-order valence-electron chi connectivity index (χ2n) is 8.70. The largest absolute Gasteiger partial charge is 0.489 e. The van der Waals surface area contributed by atoms with Crippen LogP contribution in [-0.4, -0.2) is 112 Å². The van der Waals surface area contributed by atoms with Gasteiger partial charge in [-0.1, -0.05) is 44.7 Å². The van der Waals surface area contributed by atoms with Gasteiger partial charge >= 0.3 is 0 Å². The molecule has 1 aromatic carbocycles. The zero-order chi connectivity index (χ0) is 27.9. The first-order valence-electron chi connectivity index (χ1n) is 14.4. The number of unbranched alkanes of at least 4 members (excludes halogenated alkanes) is 4. The fourth-order valence-corrected chi connectivity index (χ4v) is 3.27. The van der Waals surface area contributed by atoms with Crippen LogP contribution in [0.25, 0.3) is 0 Å². The van der Waals surface area contributed by atoms with Crippen molar-refractivity contribution in [1.29, 1.82) is 0 Å². The van der Waals surface area contributed by atoms with E-state index in [1.165, 1.54) is 25.7 Å². The maximum atomic E-state index is 5.81. The van der Waals surface area contributed by atoms with E-state index in [0.29, 0.717) is 117 Å². The number of para-hydroxylation sites is 2. The van der Waals surface area contributed by atoms with Crippen molar-refractivity contribution >= 4 is 5.69 Å². The van der Waals surface area contributed by atoms with Crippen LogP contribution < -0.4 is 10.5 Å². The molecule has 0 atom stereocenters. The Kier molecular flexibility index (Phi) is 26.9. The van der Waals surface area contributed by atoms with E-state index < -0.39 is 0 Å². The summed E-state index contributed by atoms with van der Waals surface area (Å²) in [6, 6.07) is 7.40. The summed E-state index contributed by atoms with van der Waals surface area (Å²) in [5, 5.41) is 0. The van der Waals surface area contributed by atoms with Crippen LogP contribution in [0.15, 0.2) is 24.3 Å². The number of benzene rings is 1. The van der Waals surface area contributed by atoms with E-state index in [0.717, 1.165) is 13.0 Å². The standard InChI is InChI=1S/C29H53NO9/c1-2-3-4-5-8-11-31-12-13-32-14-15-33-16-17-34-18-19-35-20-21-36-22-23-37-24-25-38-26-27-39-29-10-7-6-9-28(29)30/h6-7,9-10H,2-5,8,11-27,30H2,1H3. The van der Waals surface area contributed by atoms with Gasteiger partial charge in [-0.05, 0) is 18.6 Å². The molecule has 0 aliphatic rings. The Morgan fingerprint density at radius 3 is 1.21 bits per heavy atom. The lowest BCUT2D eigenvalue weighted by Gasteiger charge is -2.09. The molecule has 10 nitrogen and oxygen atoms in total. The number of hydrogen-bond donors (Lipinski definition) is 1. The Bertz CT molecular complexity index is 624. The summed E-state index contributed by atoms with van der Waals surface area (Å²) in [6.45, 7) is 11.6. The van der Waals surface area contributed by atoms with E-state index >= 15 is 0 Å². The third-order valence-corrected chi connectivity index (χ3v) is 5.40. The van der Waals surface area contributed by atoms with Crippen LogP contribution in [0.1, 0.15) is 39.0 Å². The van der Waals surface area contributed by atoms with Gasteiger partial charge in [-0.15, -0.1) is 0 Å². The van der Waals surface area contributed by atoms with E-state index in [9.17, 15) is 0 Å². The highest BCUT2D eigenvalue weighted by Crippen LogP contribution is 2.19. The van der Waals surface area contributed by atoms with Gasteiger partial charge in [-0.25, -0.2) is 0 Å². The fourth-order valence-electron chi connectivity index (χ4n) is 3.27. The minimum Gasteiger partial charge on any atom is -0.489 e. The van der Waals surface area contributed by atoms with Crippen molar-refractivity contribution in [2.75, 3.05) is 118 Å². The normalized spacial score (nSPS) is 11.3. The van der Waals surface area contributed by atoms with Crippen molar-refractivity contribution in [2.45, 2.75) is 39.0 Å². The van der Waals surface area contributed by atoms with Crippen LogP contribution in [0.2, 0.25) is 0 Å². The van der Waals surface area contributed by atoms with E-state index in [1.54, 1.807) is 6.07 Å². The summed E-state index contributed by atoms with van der Waals surface area (Å²) in [5.74, 6) is 0.675. The second-order valence-corrected chi connectivity index (χ2v) is 8.70. The third kappa shape index (κ3) is 25.2. The molecule has 0 aliphatic carbocycles. The number of rotatable bonds is 31. The number of nitrogen functional groups attached to an aromatic ring is 1. The average Bonchev–Trinajstić information content (AvgIpc) is 2.95. The van der Waals surface area contributed by atoms with Gasteiger partial charge in [0, 0.05) is 6.61 Å². The smallest absolute Gasteiger partial charge is 0.142 e. The van der Waals surface area contributed by atoms with Gasteiger partial charge in [0.25, 0.3) is 0 Å². The molecule has 39 heavy (non-hydrogen) atoms. The van der Waals surface area contributed by atoms with Gasteiger partial charge in [0.1, 0.15) is 12.4 Å². The molecule has 0 fully saturated rings. The van der Waals surface area contributed by atoms with Gasteiger partial charge in [0.05, 0.1) is 105 Å². The minimum atomic E-state index is 0.446. The van der Waals surface area contributed by atoms with Gasteiger partial charge in [-0.3, -0.25) is 0 Å². The summed E-state index contributed by atoms with van der Waals surface area (Å²) in [7, 11) is 0. The maximum absolute atomic E-state index is 5.81. The van der Waals surface area contributed by atoms with Crippen LogP contribution in [0, 0.1) is 0 Å². The lowest BCUT2D eigenvalue weighted by atomic mass is 10.2. The van der Waals surface area contributed by atoms with Crippen LogP contribution in [0.4, 0.5) is 5.69 Å². The van der Waals surface area contributed by atoms with Crippen molar-refractivity contribution in [3.63, 3.8) is 0 Å². The highest BCUT2D eigenvalue weighted by molar-refractivity contribution is 5.51. The highest BCUT2D eigenvalue weighted by atomic mass is 16.6. The number of nitrogens with two attached hydrogens (primary N) is 1. The molecule has 0 saturated heterocycles. The van der Waals surface area contributed by atoms with Gasteiger partial charge in [0.15, 0.2) is 0 Å². The summed E-state index contributed by atoms with van der Waals surface area (Å²) < 4.78 is 49.4. The van der Waals surface area contributed by atoms with Crippen LogP contribution in [0.5, 0.6) is 5.75 Å². The quantitative estimate of drug-likeness (QED) is 0.107. The lowest BCUT2D eigenvalue weighted by Crippen LogP contribution is -2.15. The average molecular weight is 560 g/mol. The molecular formula is C29H53NO9. The molecular weight excluding hydrogens is 506 g/mol. The van der Waals surface area contributed by atoms with Gasteiger partial charge in [0.2, 0.25) is 0 Å². The van der Waals surface area contributed by atoms with Crippen molar-refractivity contribution in [1.82, 2.24) is 0 Å². The fraction of sp³-hybridized carbons (Fsp3) is 0.793. The molecule has 0 amide bonds. The first-order chi connectivity index (χ1) is 19.3. The minimum absolute atomic E-state index is 0.446.